The molecule has 0 atom stereocenters. The Hall–Kier alpha value is -3.42. The van der Waals surface area contributed by atoms with Gasteiger partial charge in [0, 0.05) is 39.0 Å². The van der Waals surface area contributed by atoms with Crippen molar-refractivity contribution in [3.63, 3.8) is 0 Å². The van der Waals surface area contributed by atoms with E-state index in [2.05, 4.69) is 17.0 Å². The van der Waals surface area contributed by atoms with Gasteiger partial charge in [0.25, 0.3) is 0 Å². The first-order valence-electron chi connectivity index (χ1n) is 11.9. The first kappa shape index (κ1) is 23.7. The number of rotatable bonds is 6. The van der Waals surface area contributed by atoms with Crippen molar-refractivity contribution in [1.82, 2.24) is 9.80 Å². The van der Waals surface area contributed by atoms with Crippen molar-refractivity contribution in [3.05, 3.63) is 53.1 Å². The van der Waals surface area contributed by atoms with Crippen molar-refractivity contribution in [2.75, 3.05) is 33.3 Å². The first-order valence-corrected chi connectivity index (χ1v) is 11.9. The van der Waals surface area contributed by atoms with Gasteiger partial charge in [-0.2, -0.15) is 0 Å². The van der Waals surface area contributed by atoms with Crippen LogP contribution in [-0.2, 0) is 19.4 Å². The van der Waals surface area contributed by atoms with Crippen LogP contribution in [0.25, 0.3) is 0 Å². The van der Waals surface area contributed by atoms with Crippen LogP contribution in [0.5, 0.6) is 17.2 Å². The minimum atomic E-state index is 0.121. The second-order valence-corrected chi connectivity index (χ2v) is 8.97. The van der Waals surface area contributed by atoms with E-state index in [-0.39, 0.29) is 12.1 Å². The van der Waals surface area contributed by atoms with Crippen LogP contribution in [0.4, 0.5) is 0 Å². The molecule has 0 spiro atoms. The van der Waals surface area contributed by atoms with Gasteiger partial charge < -0.3 is 29.7 Å². The Bertz CT molecular complexity index is 1020. The van der Waals surface area contributed by atoms with E-state index >= 15 is 0 Å². The lowest BCUT2D eigenvalue weighted by Crippen LogP contribution is -2.40. The minimum Gasteiger partial charge on any atom is -0.493 e. The number of likely N-dealkylation sites (tertiary alicyclic amines) is 1. The van der Waals surface area contributed by atoms with Crippen LogP contribution in [0.1, 0.15) is 36.5 Å². The molecule has 8 nitrogen and oxygen atoms in total. The molecule has 2 aromatic carbocycles. The molecule has 34 heavy (non-hydrogen) atoms. The van der Waals surface area contributed by atoms with E-state index in [1.165, 1.54) is 11.1 Å². The number of ether oxygens (including phenoxy) is 3. The summed E-state index contributed by atoms with van der Waals surface area (Å²) < 4.78 is 17.9. The molecule has 2 aliphatic heterocycles. The largest absolute Gasteiger partial charge is 0.493 e. The number of guanidine groups is 1. The van der Waals surface area contributed by atoms with E-state index in [0.717, 1.165) is 74.7 Å². The zero-order valence-corrected chi connectivity index (χ0v) is 20.1. The summed E-state index contributed by atoms with van der Waals surface area (Å²) in [5.74, 6) is 3.07. The summed E-state index contributed by atoms with van der Waals surface area (Å²) in [4.78, 5) is 3.99. The Kier molecular flexibility index (Phi) is 7.45. The second-order valence-electron chi connectivity index (χ2n) is 8.97. The predicted molar refractivity (Wildman–Crippen MR) is 133 cm³/mol. The number of nitrogens with one attached hydrogen (secondary N) is 2. The highest BCUT2D eigenvalue weighted by Gasteiger charge is 2.21. The van der Waals surface area contributed by atoms with Gasteiger partial charge in [-0.25, -0.2) is 0 Å². The van der Waals surface area contributed by atoms with Crippen LogP contribution in [0.2, 0.25) is 0 Å². The number of methoxy groups -OCH3 is 1. The van der Waals surface area contributed by atoms with Crippen molar-refractivity contribution in [3.8, 4) is 17.2 Å². The number of hydrogen-bond donors (Lipinski definition) is 3. The molecule has 2 aromatic rings. The van der Waals surface area contributed by atoms with Gasteiger partial charge in [-0.05, 0) is 60.7 Å². The van der Waals surface area contributed by atoms with Crippen LogP contribution in [0, 0.1) is 10.8 Å². The zero-order valence-electron chi connectivity index (χ0n) is 20.1. The van der Waals surface area contributed by atoms with E-state index in [0.29, 0.717) is 12.4 Å². The lowest BCUT2D eigenvalue weighted by Gasteiger charge is -2.32. The topological polar surface area (TPSA) is 108 Å². The molecule has 0 saturated carbocycles. The summed E-state index contributed by atoms with van der Waals surface area (Å²) in [6.45, 7) is 5.50. The molecule has 182 valence electrons. The monoisotopic (exact) mass is 465 g/mol. The number of nitrogens with two attached hydrogens (primary N) is 1. The molecule has 4 rings (SSSR count). The smallest absolute Gasteiger partial charge is 0.188 e. The van der Waals surface area contributed by atoms with E-state index in [4.69, 9.17) is 30.8 Å². The average molecular weight is 466 g/mol. The average Bonchev–Trinajstić information content (AvgIpc) is 3.05. The lowest BCUT2D eigenvalue weighted by molar-refractivity contribution is 0.130. The molecule has 4 N–H and O–H groups in total. The van der Waals surface area contributed by atoms with Gasteiger partial charge in [0.2, 0.25) is 0 Å². The molecular formula is C26H35N5O3. The number of hydrogen-bond acceptors (Lipinski definition) is 5. The van der Waals surface area contributed by atoms with E-state index in [9.17, 15) is 0 Å². The molecular weight excluding hydrogens is 430 g/mol. The van der Waals surface area contributed by atoms with Gasteiger partial charge in [-0.3, -0.25) is 10.8 Å². The van der Waals surface area contributed by atoms with Gasteiger partial charge in [0.05, 0.1) is 12.9 Å². The summed E-state index contributed by atoms with van der Waals surface area (Å²) >= 11 is 0. The third-order valence-corrected chi connectivity index (χ3v) is 6.67. The number of piperidine rings is 1. The van der Waals surface area contributed by atoms with Crippen molar-refractivity contribution < 1.29 is 14.2 Å². The molecule has 0 aliphatic carbocycles. The van der Waals surface area contributed by atoms with Crippen molar-refractivity contribution in [2.45, 2.75) is 45.3 Å². The fraction of sp³-hybridized carbons (Fsp3) is 0.462. The van der Waals surface area contributed by atoms with Crippen molar-refractivity contribution in [2.24, 2.45) is 5.73 Å². The SMILES string of the molecule is COc1cc2c(cc1OCc1ccc(OC3CCN(C(C)=N)CC3)cc1)CCN(C(=N)N)CC2. The van der Waals surface area contributed by atoms with Gasteiger partial charge >= 0.3 is 0 Å². The molecule has 0 bridgehead atoms. The van der Waals surface area contributed by atoms with Crippen molar-refractivity contribution in [1.29, 1.82) is 10.8 Å². The molecule has 8 heteroatoms. The minimum absolute atomic E-state index is 0.121. The summed E-state index contributed by atoms with van der Waals surface area (Å²) in [6, 6.07) is 12.2. The van der Waals surface area contributed by atoms with Crippen LogP contribution in [0.15, 0.2) is 36.4 Å². The van der Waals surface area contributed by atoms with Crippen LogP contribution < -0.4 is 19.9 Å². The fourth-order valence-electron chi connectivity index (χ4n) is 4.57. The Morgan fingerprint density at radius 1 is 0.941 bits per heavy atom. The van der Waals surface area contributed by atoms with E-state index in [1.807, 2.05) is 36.1 Å². The fourth-order valence-corrected chi connectivity index (χ4v) is 4.57. The highest BCUT2D eigenvalue weighted by atomic mass is 16.5. The normalized spacial score (nSPS) is 16.4. The summed E-state index contributed by atoms with van der Waals surface area (Å²) in [7, 11) is 1.66. The quantitative estimate of drug-likeness (QED) is 0.446. The maximum Gasteiger partial charge on any atom is 0.188 e. The summed E-state index contributed by atoms with van der Waals surface area (Å²) in [5, 5.41) is 15.5. The standard InChI is InChI=1S/C26H35N5O3/c1-18(27)30-13-9-23(10-14-30)34-22-5-3-19(4-6-22)17-33-25-16-21-8-12-31(26(28)29)11-7-20(21)15-24(25)32-2/h3-6,15-16,23,27H,7-14,17H2,1-2H3,(H3,28,29). The molecule has 0 amide bonds. The molecule has 2 aliphatic rings. The maximum atomic E-state index is 7.76. The van der Waals surface area contributed by atoms with Gasteiger partial charge in [0.1, 0.15) is 18.5 Å². The first-order chi connectivity index (χ1) is 16.4. The number of amidine groups is 1. The number of fused-ring (bicyclic) bond motifs is 1. The highest BCUT2D eigenvalue weighted by molar-refractivity contribution is 5.76. The molecule has 2 heterocycles. The Morgan fingerprint density at radius 2 is 1.56 bits per heavy atom. The van der Waals surface area contributed by atoms with Crippen LogP contribution in [-0.4, -0.2) is 61.0 Å². The number of benzene rings is 2. The van der Waals surface area contributed by atoms with Gasteiger partial charge in [-0.15, -0.1) is 0 Å². The Labute approximate surface area is 201 Å². The molecule has 0 unspecified atom stereocenters. The summed E-state index contributed by atoms with van der Waals surface area (Å²) in [5.41, 5.74) is 9.18. The molecule has 1 fully saturated rings. The summed E-state index contributed by atoms with van der Waals surface area (Å²) in [6.07, 6.45) is 3.71. The predicted octanol–water partition coefficient (Wildman–Crippen LogP) is 3.41. The molecule has 0 radical (unpaired) electrons. The zero-order chi connectivity index (χ0) is 24.1. The number of nitrogens with zero attached hydrogens (tertiary/aromatic N) is 2. The highest BCUT2D eigenvalue weighted by Crippen LogP contribution is 2.33. The third-order valence-electron chi connectivity index (χ3n) is 6.67. The van der Waals surface area contributed by atoms with Gasteiger partial charge in [-0.1, -0.05) is 12.1 Å². The van der Waals surface area contributed by atoms with E-state index < -0.39 is 0 Å². The lowest BCUT2D eigenvalue weighted by atomic mass is 10.0. The van der Waals surface area contributed by atoms with Gasteiger partial charge in [0.15, 0.2) is 17.5 Å². The van der Waals surface area contributed by atoms with E-state index in [1.54, 1.807) is 7.11 Å². The third kappa shape index (κ3) is 5.73. The molecule has 0 aromatic heterocycles. The van der Waals surface area contributed by atoms with Crippen LogP contribution in [0.3, 0.4) is 0 Å². The second kappa shape index (κ2) is 10.7. The van der Waals surface area contributed by atoms with Crippen LogP contribution >= 0.6 is 0 Å². The van der Waals surface area contributed by atoms with Crippen molar-refractivity contribution >= 4 is 11.8 Å². The maximum absolute atomic E-state index is 7.76. The Balaban J connectivity index is 1.34. The Morgan fingerprint density at radius 3 is 2.12 bits per heavy atom. The molecule has 1 saturated heterocycles.